The minimum Gasteiger partial charge on any atom is -0.385 e. The summed E-state index contributed by atoms with van der Waals surface area (Å²) in [6.45, 7) is 18.7. The summed E-state index contributed by atoms with van der Waals surface area (Å²) in [6.07, 6.45) is 3.13. The Labute approximate surface area is 242 Å². The van der Waals surface area contributed by atoms with Crippen LogP contribution in [0.4, 0.5) is 5.82 Å². The number of hydrogen-bond donors (Lipinski definition) is 2. The summed E-state index contributed by atoms with van der Waals surface area (Å²) in [5.74, 6) is 1.35. The van der Waals surface area contributed by atoms with E-state index in [0.717, 1.165) is 6.42 Å². The number of hydrogen-bond acceptors (Lipinski definition) is 8. The van der Waals surface area contributed by atoms with Gasteiger partial charge in [-0.3, -0.25) is 9.59 Å². The Hall–Kier alpha value is -2.30. The molecule has 10 nitrogen and oxygen atoms in total. The van der Waals surface area contributed by atoms with E-state index in [4.69, 9.17) is 14.5 Å². The lowest BCUT2D eigenvalue weighted by molar-refractivity contribution is -0.148. The topological polar surface area (TPSA) is 109 Å². The standard InChI is InChI=1S/C29H50N6O4.CH4/c1-19(2)16-35(23-12-22(13-30-14-23)26(36)34-17-20(3)39-21(4)18-34)27(37)24-15-32-28(29(5,6)7)33-25(24)31-10-9-11-38-8;/h15,19-23,30H,9-14,16-18H2,1-8H3,(H,31,32,33);1H4/t20?,21?,22-,23+;/m1./s1. The number of ether oxygens (including phenoxy) is 2. The van der Waals surface area contributed by atoms with Crippen molar-refractivity contribution in [3.8, 4) is 0 Å². The van der Waals surface area contributed by atoms with Crippen molar-refractivity contribution in [1.29, 1.82) is 0 Å². The molecule has 0 radical (unpaired) electrons. The van der Waals surface area contributed by atoms with E-state index >= 15 is 0 Å². The van der Waals surface area contributed by atoms with Gasteiger partial charge in [-0.1, -0.05) is 42.0 Å². The van der Waals surface area contributed by atoms with Gasteiger partial charge in [-0.25, -0.2) is 9.97 Å². The van der Waals surface area contributed by atoms with Crippen LogP contribution in [0.5, 0.6) is 0 Å². The van der Waals surface area contributed by atoms with Gasteiger partial charge in [0.05, 0.1) is 18.1 Å². The van der Waals surface area contributed by atoms with E-state index in [2.05, 4.69) is 50.2 Å². The Morgan fingerprint density at radius 3 is 2.50 bits per heavy atom. The highest BCUT2D eigenvalue weighted by molar-refractivity contribution is 5.98. The van der Waals surface area contributed by atoms with Gasteiger partial charge in [0, 0.05) is 70.6 Å². The zero-order chi connectivity index (χ0) is 28.7. The molecule has 1 aromatic rings. The molecule has 0 aromatic carbocycles. The zero-order valence-corrected chi connectivity index (χ0v) is 25.2. The van der Waals surface area contributed by atoms with Gasteiger partial charge >= 0.3 is 0 Å². The van der Waals surface area contributed by atoms with Crippen LogP contribution in [0.15, 0.2) is 6.20 Å². The van der Waals surface area contributed by atoms with E-state index in [1.165, 1.54) is 0 Å². The Kier molecular flexibility index (Phi) is 12.8. The predicted molar refractivity (Wildman–Crippen MR) is 160 cm³/mol. The highest BCUT2D eigenvalue weighted by Gasteiger charge is 2.37. The predicted octanol–water partition coefficient (Wildman–Crippen LogP) is 3.57. The van der Waals surface area contributed by atoms with Gasteiger partial charge in [0.2, 0.25) is 5.91 Å². The smallest absolute Gasteiger partial charge is 0.259 e. The first-order chi connectivity index (χ1) is 18.4. The second-order valence-electron chi connectivity index (χ2n) is 12.6. The van der Waals surface area contributed by atoms with E-state index in [1.54, 1.807) is 13.3 Å². The number of carbonyl (C=O) groups excluding carboxylic acids is 2. The van der Waals surface area contributed by atoms with Crippen LogP contribution >= 0.6 is 0 Å². The fourth-order valence-corrected chi connectivity index (χ4v) is 5.36. The van der Waals surface area contributed by atoms with Gasteiger partial charge in [-0.15, -0.1) is 0 Å². The molecule has 2 aliphatic rings. The van der Waals surface area contributed by atoms with Crippen molar-refractivity contribution in [3.63, 3.8) is 0 Å². The fraction of sp³-hybridized carbons (Fsp3) is 0.800. The number of anilines is 1. The van der Waals surface area contributed by atoms with E-state index in [1.807, 2.05) is 23.6 Å². The van der Waals surface area contributed by atoms with Crippen LogP contribution in [0.3, 0.4) is 0 Å². The van der Waals surface area contributed by atoms with Crippen LogP contribution in [-0.4, -0.2) is 103 Å². The molecule has 10 heteroatoms. The molecule has 0 saturated carbocycles. The van der Waals surface area contributed by atoms with Crippen molar-refractivity contribution < 1.29 is 19.1 Å². The van der Waals surface area contributed by atoms with Crippen molar-refractivity contribution in [2.75, 3.05) is 58.3 Å². The molecular formula is C30H54N6O4. The summed E-state index contributed by atoms with van der Waals surface area (Å²) >= 11 is 0. The molecule has 2 N–H and O–H groups in total. The van der Waals surface area contributed by atoms with Crippen LogP contribution < -0.4 is 10.6 Å². The van der Waals surface area contributed by atoms with Crippen LogP contribution in [0.25, 0.3) is 0 Å². The van der Waals surface area contributed by atoms with E-state index in [9.17, 15) is 9.59 Å². The number of methoxy groups -OCH3 is 1. The molecule has 40 heavy (non-hydrogen) atoms. The van der Waals surface area contributed by atoms with Crippen molar-refractivity contribution in [3.05, 3.63) is 17.6 Å². The Balaban J connectivity index is 0.00000560. The average molecular weight is 563 g/mol. The summed E-state index contributed by atoms with van der Waals surface area (Å²) in [5.41, 5.74) is 0.211. The third-order valence-corrected chi connectivity index (χ3v) is 7.18. The van der Waals surface area contributed by atoms with Crippen molar-refractivity contribution in [2.24, 2.45) is 11.8 Å². The molecule has 2 aliphatic heterocycles. The number of morpholine rings is 1. The fourth-order valence-electron chi connectivity index (χ4n) is 5.36. The second-order valence-corrected chi connectivity index (χ2v) is 12.6. The lowest BCUT2D eigenvalue weighted by Gasteiger charge is -2.41. The zero-order valence-electron chi connectivity index (χ0n) is 25.2. The molecule has 0 aliphatic carbocycles. The minimum atomic E-state index is -0.252. The quantitative estimate of drug-likeness (QED) is 0.417. The van der Waals surface area contributed by atoms with Gasteiger partial charge in [0.1, 0.15) is 17.2 Å². The largest absolute Gasteiger partial charge is 0.385 e. The minimum absolute atomic E-state index is 0. The summed E-state index contributed by atoms with van der Waals surface area (Å²) in [4.78, 5) is 40.9. The molecule has 1 aromatic heterocycles. The van der Waals surface area contributed by atoms with Gasteiger partial charge < -0.3 is 29.9 Å². The summed E-state index contributed by atoms with van der Waals surface area (Å²) in [5, 5.41) is 6.81. The molecule has 2 saturated heterocycles. The number of aromatic nitrogens is 2. The number of rotatable bonds is 10. The van der Waals surface area contributed by atoms with Crippen LogP contribution in [0.1, 0.15) is 84.9 Å². The van der Waals surface area contributed by atoms with Gasteiger partial charge in [0.15, 0.2) is 0 Å². The maximum absolute atomic E-state index is 14.2. The molecule has 3 heterocycles. The van der Waals surface area contributed by atoms with Crippen molar-refractivity contribution in [2.45, 2.75) is 92.4 Å². The third-order valence-electron chi connectivity index (χ3n) is 7.18. The Morgan fingerprint density at radius 1 is 1.23 bits per heavy atom. The lowest BCUT2D eigenvalue weighted by Crippen LogP contribution is -2.57. The first-order valence-corrected chi connectivity index (χ1v) is 14.5. The van der Waals surface area contributed by atoms with Crippen molar-refractivity contribution >= 4 is 17.6 Å². The molecule has 0 spiro atoms. The van der Waals surface area contributed by atoms with Gasteiger partial charge in [0.25, 0.3) is 5.91 Å². The third kappa shape index (κ3) is 9.11. The maximum Gasteiger partial charge on any atom is 0.259 e. The normalized spacial score (nSPS) is 23.5. The molecule has 228 valence electrons. The summed E-state index contributed by atoms with van der Waals surface area (Å²) in [7, 11) is 1.68. The lowest BCUT2D eigenvalue weighted by atomic mass is 9.92. The molecule has 2 fully saturated rings. The number of nitrogens with zero attached hydrogens (tertiary/aromatic N) is 4. The number of nitrogens with one attached hydrogen (secondary N) is 2. The molecule has 3 rings (SSSR count). The number of piperidine rings is 1. The maximum atomic E-state index is 14.2. The van der Waals surface area contributed by atoms with Gasteiger partial charge in [-0.05, 0) is 32.6 Å². The molecule has 0 bridgehead atoms. The van der Waals surface area contributed by atoms with Gasteiger partial charge in [-0.2, -0.15) is 0 Å². The molecule has 4 atom stereocenters. The first kappa shape index (κ1) is 33.9. The van der Waals surface area contributed by atoms with E-state index < -0.39 is 0 Å². The molecule has 2 unspecified atom stereocenters. The average Bonchev–Trinajstić information content (AvgIpc) is 2.87. The summed E-state index contributed by atoms with van der Waals surface area (Å²) < 4.78 is 11.0. The monoisotopic (exact) mass is 562 g/mol. The number of carbonyl (C=O) groups is 2. The van der Waals surface area contributed by atoms with Crippen LogP contribution in [0, 0.1) is 11.8 Å². The van der Waals surface area contributed by atoms with E-state index in [-0.39, 0.29) is 54.7 Å². The summed E-state index contributed by atoms with van der Waals surface area (Å²) in [6, 6.07) is -0.109. The Morgan fingerprint density at radius 2 is 1.90 bits per heavy atom. The SMILES string of the molecule is C.COCCCNc1nc(C(C)(C)C)ncc1C(=O)N(CC(C)C)[C@@H]1CNC[C@H](C(=O)N2CC(C)OC(C)C2)C1. The second kappa shape index (κ2) is 15.1. The van der Waals surface area contributed by atoms with Crippen LogP contribution in [-0.2, 0) is 19.7 Å². The Bertz CT molecular complexity index is 956. The molecule has 2 amide bonds. The first-order valence-electron chi connectivity index (χ1n) is 14.5. The number of amides is 2. The van der Waals surface area contributed by atoms with Crippen molar-refractivity contribution in [1.82, 2.24) is 25.1 Å². The highest BCUT2D eigenvalue weighted by atomic mass is 16.5. The molecular weight excluding hydrogens is 508 g/mol. The van der Waals surface area contributed by atoms with Crippen LogP contribution in [0.2, 0.25) is 0 Å². The highest BCUT2D eigenvalue weighted by Crippen LogP contribution is 2.26. The van der Waals surface area contributed by atoms with E-state index in [0.29, 0.717) is 69.5 Å².